The number of hydrogen-bond donors (Lipinski definition) is 0. The molecule has 22 heavy (non-hydrogen) atoms. The molecule has 0 aliphatic carbocycles. The minimum atomic E-state index is -3.60. The van der Waals surface area contributed by atoms with Gasteiger partial charge in [0.15, 0.2) is 23.3 Å². The van der Waals surface area contributed by atoms with Crippen molar-refractivity contribution in [3.8, 4) is 0 Å². The van der Waals surface area contributed by atoms with E-state index in [1.807, 2.05) is 0 Å². The van der Waals surface area contributed by atoms with Gasteiger partial charge in [-0.25, -0.2) is 22.0 Å². The van der Waals surface area contributed by atoms with Gasteiger partial charge in [0.2, 0.25) is 5.82 Å². The van der Waals surface area contributed by atoms with Crippen molar-refractivity contribution in [2.75, 3.05) is 19.8 Å². The Morgan fingerprint density at radius 3 is 1.27 bits per heavy atom. The molecule has 3 nitrogen and oxygen atoms in total. The van der Waals surface area contributed by atoms with Crippen molar-refractivity contribution in [2.24, 2.45) is 0 Å². The lowest BCUT2D eigenvalue weighted by Crippen LogP contribution is -2.49. The molecular weight excluding hydrogens is 327 g/mol. The van der Waals surface area contributed by atoms with Gasteiger partial charge in [-0.3, -0.25) is 0 Å². The van der Waals surface area contributed by atoms with Crippen LogP contribution in [0.15, 0.2) is 0 Å². The van der Waals surface area contributed by atoms with Gasteiger partial charge in [0.05, 0.1) is 0 Å². The third-order valence-electron chi connectivity index (χ3n) is 2.79. The second-order valence-corrected chi connectivity index (χ2v) is 6.79. The topological polar surface area (TPSA) is 27.7 Å². The van der Waals surface area contributed by atoms with Gasteiger partial charge in [0, 0.05) is 31.4 Å². The molecule has 0 fully saturated rings. The average Bonchev–Trinajstić information content (AvgIpc) is 2.48. The number of hydrogen-bond acceptors (Lipinski definition) is 3. The summed E-state index contributed by atoms with van der Waals surface area (Å²) in [5, 5.41) is 0. The van der Waals surface area contributed by atoms with Gasteiger partial charge >= 0.3 is 8.80 Å². The van der Waals surface area contributed by atoms with Gasteiger partial charge in [-0.1, -0.05) is 0 Å². The van der Waals surface area contributed by atoms with E-state index in [2.05, 4.69) is 0 Å². The predicted octanol–water partition coefficient (Wildman–Crippen LogP) is 3.51. The molecule has 1 aromatic carbocycles. The Morgan fingerprint density at radius 2 is 0.955 bits per heavy atom. The first kappa shape index (κ1) is 19.0. The zero-order valence-corrected chi connectivity index (χ0v) is 13.4. The molecule has 0 amide bonds. The summed E-state index contributed by atoms with van der Waals surface area (Å²) >= 11 is 0. The fourth-order valence-electron chi connectivity index (χ4n) is 1.96. The standard InChI is InChI=1S/C13H17F5O3Si/c1-4-19-22(20-5-2,21-6-3)7-8-9(14)11(16)13(18)12(17)10(8)15/h4-7H2,1-3H3. The predicted molar refractivity (Wildman–Crippen MR) is 70.6 cm³/mol. The molecule has 0 aromatic heterocycles. The van der Waals surface area contributed by atoms with Crippen LogP contribution in [-0.4, -0.2) is 28.6 Å². The Balaban J connectivity index is 3.34. The minimum absolute atomic E-state index is 0.113. The van der Waals surface area contributed by atoms with E-state index in [9.17, 15) is 22.0 Å². The van der Waals surface area contributed by atoms with E-state index < -0.39 is 49.5 Å². The highest BCUT2D eigenvalue weighted by Gasteiger charge is 2.43. The van der Waals surface area contributed by atoms with Gasteiger partial charge < -0.3 is 13.3 Å². The molecule has 126 valence electrons. The van der Waals surface area contributed by atoms with E-state index in [0.717, 1.165) is 0 Å². The normalized spacial score (nSPS) is 12.0. The van der Waals surface area contributed by atoms with E-state index in [0.29, 0.717) is 0 Å². The van der Waals surface area contributed by atoms with E-state index in [1.165, 1.54) is 0 Å². The Kier molecular flexibility index (Phi) is 6.91. The fraction of sp³-hybridized carbons (Fsp3) is 0.538. The molecule has 0 N–H and O–H groups in total. The summed E-state index contributed by atoms with van der Waals surface area (Å²) in [4.78, 5) is 0. The van der Waals surface area contributed by atoms with Crippen molar-refractivity contribution in [3.63, 3.8) is 0 Å². The maximum atomic E-state index is 13.8. The monoisotopic (exact) mass is 344 g/mol. The summed E-state index contributed by atoms with van der Waals surface area (Å²) < 4.78 is 83.2. The third-order valence-corrected chi connectivity index (χ3v) is 5.76. The van der Waals surface area contributed by atoms with Gasteiger partial charge in [-0.05, 0) is 20.8 Å². The van der Waals surface area contributed by atoms with Gasteiger partial charge in [0.1, 0.15) is 0 Å². The van der Waals surface area contributed by atoms with Crippen LogP contribution >= 0.6 is 0 Å². The molecule has 1 aromatic rings. The van der Waals surface area contributed by atoms with E-state index in [4.69, 9.17) is 13.3 Å². The lowest BCUT2D eigenvalue weighted by atomic mass is 10.2. The van der Waals surface area contributed by atoms with Crippen LogP contribution < -0.4 is 0 Å². The second-order valence-electron chi connectivity index (χ2n) is 4.21. The van der Waals surface area contributed by atoms with Crippen LogP contribution in [0.1, 0.15) is 26.3 Å². The smallest absolute Gasteiger partial charge is 0.374 e. The molecule has 0 saturated carbocycles. The molecule has 9 heteroatoms. The van der Waals surface area contributed by atoms with Crippen LogP contribution in [0.25, 0.3) is 0 Å². The Morgan fingerprint density at radius 1 is 0.636 bits per heavy atom. The summed E-state index contributed by atoms with van der Waals surface area (Å²) in [6.07, 6.45) is 0. The summed E-state index contributed by atoms with van der Waals surface area (Å²) in [6.45, 7) is 5.17. The van der Waals surface area contributed by atoms with Crippen molar-refractivity contribution in [2.45, 2.75) is 26.8 Å². The van der Waals surface area contributed by atoms with Crippen molar-refractivity contribution in [3.05, 3.63) is 34.6 Å². The molecule has 0 heterocycles. The van der Waals surface area contributed by atoms with Gasteiger partial charge in [0.25, 0.3) is 0 Å². The van der Waals surface area contributed by atoms with E-state index in [1.54, 1.807) is 20.8 Å². The van der Waals surface area contributed by atoms with E-state index >= 15 is 0 Å². The molecule has 0 saturated heterocycles. The number of halogens is 5. The highest BCUT2D eigenvalue weighted by Crippen LogP contribution is 2.27. The van der Waals surface area contributed by atoms with Crippen molar-refractivity contribution in [1.29, 1.82) is 0 Å². The Bertz CT molecular complexity index is 481. The van der Waals surface area contributed by atoms with Gasteiger partial charge in [-0.2, -0.15) is 0 Å². The quantitative estimate of drug-likeness (QED) is 0.313. The molecule has 0 aliphatic heterocycles. The molecule has 0 aliphatic rings. The van der Waals surface area contributed by atoms with Crippen LogP contribution in [0, 0.1) is 29.1 Å². The zero-order valence-electron chi connectivity index (χ0n) is 12.4. The summed E-state index contributed by atoms with van der Waals surface area (Å²) in [6, 6.07) is -0.645. The number of benzene rings is 1. The van der Waals surface area contributed by atoms with Crippen molar-refractivity contribution < 1.29 is 35.2 Å². The maximum Gasteiger partial charge on any atom is 0.505 e. The summed E-state index contributed by atoms with van der Waals surface area (Å²) in [7, 11) is -3.60. The van der Waals surface area contributed by atoms with Gasteiger partial charge in [-0.15, -0.1) is 0 Å². The molecule has 0 unspecified atom stereocenters. The summed E-state index contributed by atoms with van der Waals surface area (Å²) in [5.74, 6) is -9.99. The highest BCUT2D eigenvalue weighted by atomic mass is 28.4. The second kappa shape index (κ2) is 8.00. The van der Waals surface area contributed by atoms with Crippen LogP contribution in [0.3, 0.4) is 0 Å². The lowest BCUT2D eigenvalue weighted by Gasteiger charge is -2.28. The molecule has 0 radical (unpaired) electrons. The largest absolute Gasteiger partial charge is 0.505 e. The van der Waals surface area contributed by atoms with E-state index in [-0.39, 0.29) is 19.8 Å². The molecular formula is C13H17F5O3Si. The average molecular weight is 344 g/mol. The first-order valence-corrected chi connectivity index (χ1v) is 8.68. The highest BCUT2D eigenvalue weighted by molar-refractivity contribution is 6.60. The third kappa shape index (κ3) is 3.83. The first-order chi connectivity index (χ1) is 10.3. The maximum absolute atomic E-state index is 13.8. The van der Waals surface area contributed by atoms with Crippen LogP contribution in [0.2, 0.25) is 0 Å². The fourth-order valence-corrected chi connectivity index (χ4v) is 4.58. The van der Waals surface area contributed by atoms with Crippen molar-refractivity contribution in [1.82, 2.24) is 0 Å². The van der Waals surface area contributed by atoms with Crippen LogP contribution in [0.5, 0.6) is 0 Å². The number of rotatable bonds is 8. The Hall–Kier alpha value is -1.03. The minimum Gasteiger partial charge on any atom is -0.374 e. The zero-order chi connectivity index (χ0) is 16.9. The first-order valence-electron chi connectivity index (χ1n) is 6.75. The molecule has 1 rings (SSSR count). The lowest BCUT2D eigenvalue weighted by molar-refractivity contribution is 0.0697. The Labute approximate surface area is 126 Å². The molecule has 0 spiro atoms. The molecule has 0 bridgehead atoms. The summed E-state index contributed by atoms with van der Waals surface area (Å²) in [5.41, 5.74) is -0.988. The van der Waals surface area contributed by atoms with Crippen LogP contribution in [-0.2, 0) is 19.3 Å². The van der Waals surface area contributed by atoms with Crippen molar-refractivity contribution >= 4 is 8.80 Å². The van der Waals surface area contributed by atoms with Crippen LogP contribution in [0.4, 0.5) is 22.0 Å². The SMILES string of the molecule is CCO[Si](Cc1c(F)c(F)c(F)c(F)c1F)(OCC)OCC. The molecule has 0 atom stereocenters.